The molecule has 1 aromatic rings. The first-order valence-electron chi connectivity index (χ1n) is 6.75. The van der Waals surface area contributed by atoms with Crippen LogP contribution in [-0.4, -0.2) is 12.6 Å². The molecule has 17 heavy (non-hydrogen) atoms. The molecule has 0 saturated heterocycles. The Morgan fingerprint density at radius 3 is 2.53 bits per heavy atom. The molecule has 1 aromatic carbocycles. The SMILES string of the molecule is CCCNC1CC(c2ccc(F)cc2)C1CC. The van der Waals surface area contributed by atoms with Crippen LogP contribution in [0.5, 0.6) is 0 Å². The third-order valence-electron chi connectivity index (χ3n) is 3.97. The summed E-state index contributed by atoms with van der Waals surface area (Å²) in [6, 6.07) is 7.70. The quantitative estimate of drug-likeness (QED) is 0.820. The number of hydrogen-bond acceptors (Lipinski definition) is 1. The Labute approximate surface area is 103 Å². The first-order chi connectivity index (χ1) is 8.26. The Morgan fingerprint density at radius 1 is 1.24 bits per heavy atom. The Balaban J connectivity index is 1.97. The molecule has 2 rings (SSSR count). The molecular weight excluding hydrogens is 213 g/mol. The van der Waals surface area contributed by atoms with Gasteiger partial charge in [-0.15, -0.1) is 0 Å². The van der Waals surface area contributed by atoms with Gasteiger partial charge in [-0.2, -0.15) is 0 Å². The van der Waals surface area contributed by atoms with Crippen LogP contribution in [0.25, 0.3) is 0 Å². The Bertz CT molecular complexity index is 346. The maximum absolute atomic E-state index is 12.9. The highest BCUT2D eigenvalue weighted by Gasteiger charge is 2.39. The predicted octanol–water partition coefficient (Wildman–Crippen LogP) is 3.71. The second-order valence-corrected chi connectivity index (χ2v) is 5.03. The van der Waals surface area contributed by atoms with E-state index < -0.39 is 0 Å². The fourth-order valence-corrected chi connectivity index (χ4v) is 2.93. The van der Waals surface area contributed by atoms with E-state index in [1.807, 2.05) is 12.1 Å². The van der Waals surface area contributed by atoms with Crippen molar-refractivity contribution in [3.8, 4) is 0 Å². The molecule has 1 saturated carbocycles. The summed E-state index contributed by atoms with van der Waals surface area (Å²) in [5.74, 6) is 1.20. The molecule has 1 fully saturated rings. The lowest BCUT2D eigenvalue weighted by atomic mass is 9.65. The molecule has 1 nitrogen and oxygen atoms in total. The van der Waals surface area contributed by atoms with Crippen LogP contribution in [-0.2, 0) is 0 Å². The van der Waals surface area contributed by atoms with Crippen molar-refractivity contribution in [3.63, 3.8) is 0 Å². The van der Waals surface area contributed by atoms with Crippen LogP contribution in [0.3, 0.4) is 0 Å². The molecule has 0 radical (unpaired) electrons. The van der Waals surface area contributed by atoms with Gasteiger partial charge >= 0.3 is 0 Å². The lowest BCUT2D eigenvalue weighted by Gasteiger charge is -2.45. The molecule has 3 unspecified atom stereocenters. The summed E-state index contributed by atoms with van der Waals surface area (Å²) in [5.41, 5.74) is 1.30. The number of benzene rings is 1. The normalized spacial score (nSPS) is 27.8. The van der Waals surface area contributed by atoms with E-state index >= 15 is 0 Å². The molecule has 2 heteroatoms. The van der Waals surface area contributed by atoms with Crippen molar-refractivity contribution in [1.82, 2.24) is 5.32 Å². The molecule has 94 valence electrons. The summed E-state index contributed by atoms with van der Waals surface area (Å²) >= 11 is 0. The summed E-state index contributed by atoms with van der Waals surface area (Å²) < 4.78 is 12.9. The second kappa shape index (κ2) is 5.63. The molecule has 1 aliphatic carbocycles. The topological polar surface area (TPSA) is 12.0 Å². The van der Waals surface area contributed by atoms with Gasteiger partial charge in [0.2, 0.25) is 0 Å². The lowest BCUT2D eigenvalue weighted by molar-refractivity contribution is 0.161. The molecule has 3 atom stereocenters. The Morgan fingerprint density at radius 2 is 1.94 bits per heavy atom. The van der Waals surface area contributed by atoms with Crippen molar-refractivity contribution in [2.75, 3.05) is 6.54 Å². The zero-order chi connectivity index (χ0) is 12.3. The van der Waals surface area contributed by atoms with E-state index in [-0.39, 0.29) is 5.82 Å². The van der Waals surface area contributed by atoms with Crippen LogP contribution in [0.15, 0.2) is 24.3 Å². The molecular formula is C15H22FN. The summed E-state index contributed by atoms with van der Waals surface area (Å²) in [6.07, 6.45) is 3.59. The monoisotopic (exact) mass is 235 g/mol. The summed E-state index contributed by atoms with van der Waals surface area (Å²) in [4.78, 5) is 0. The molecule has 0 amide bonds. The largest absolute Gasteiger partial charge is 0.314 e. The first kappa shape index (κ1) is 12.6. The maximum atomic E-state index is 12.9. The van der Waals surface area contributed by atoms with Gasteiger partial charge in [0.05, 0.1) is 0 Å². The molecule has 0 bridgehead atoms. The zero-order valence-electron chi connectivity index (χ0n) is 10.7. The minimum Gasteiger partial charge on any atom is -0.314 e. The van der Waals surface area contributed by atoms with Crippen LogP contribution in [0.1, 0.15) is 44.6 Å². The van der Waals surface area contributed by atoms with Crippen molar-refractivity contribution in [1.29, 1.82) is 0 Å². The third kappa shape index (κ3) is 2.68. The molecule has 1 aliphatic rings. The highest BCUT2D eigenvalue weighted by atomic mass is 19.1. The summed E-state index contributed by atoms with van der Waals surface area (Å²) in [7, 11) is 0. The van der Waals surface area contributed by atoms with E-state index in [0.717, 1.165) is 6.54 Å². The van der Waals surface area contributed by atoms with Crippen LogP contribution in [0.2, 0.25) is 0 Å². The minimum absolute atomic E-state index is 0.137. The van der Waals surface area contributed by atoms with Crippen LogP contribution in [0.4, 0.5) is 4.39 Å². The molecule has 0 heterocycles. The van der Waals surface area contributed by atoms with Crippen LogP contribution < -0.4 is 5.32 Å². The highest BCUT2D eigenvalue weighted by molar-refractivity contribution is 5.25. The number of rotatable bonds is 5. The maximum Gasteiger partial charge on any atom is 0.123 e. The Hall–Kier alpha value is -0.890. The summed E-state index contributed by atoms with van der Waals surface area (Å²) in [5, 5.41) is 3.61. The predicted molar refractivity (Wildman–Crippen MR) is 69.6 cm³/mol. The van der Waals surface area contributed by atoms with Crippen molar-refractivity contribution in [2.45, 2.75) is 45.1 Å². The van der Waals surface area contributed by atoms with Gasteiger partial charge in [0, 0.05) is 6.04 Å². The Kier molecular flexibility index (Phi) is 4.16. The molecule has 0 aromatic heterocycles. The van der Waals surface area contributed by atoms with Gasteiger partial charge in [0.25, 0.3) is 0 Å². The average Bonchev–Trinajstić information content (AvgIpc) is 2.31. The highest BCUT2D eigenvalue weighted by Crippen LogP contribution is 2.44. The lowest BCUT2D eigenvalue weighted by Crippen LogP contribution is -2.49. The van der Waals surface area contributed by atoms with Gasteiger partial charge in [0.1, 0.15) is 5.82 Å². The van der Waals surface area contributed by atoms with Crippen molar-refractivity contribution >= 4 is 0 Å². The third-order valence-corrected chi connectivity index (χ3v) is 3.97. The van der Waals surface area contributed by atoms with Gasteiger partial charge < -0.3 is 5.32 Å². The van der Waals surface area contributed by atoms with E-state index in [2.05, 4.69) is 19.2 Å². The van der Waals surface area contributed by atoms with E-state index in [9.17, 15) is 4.39 Å². The molecule has 0 spiro atoms. The molecule has 1 N–H and O–H groups in total. The summed E-state index contributed by atoms with van der Waals surface area (Å²) in [6.45, 7) is 5.56. The number of halogens is 1. The van der Waals surface area contributed by atoms with Crippen molar-refractivity contribution < 1.29 is 4.39 Å². The van der Waals surface area contributed by atoms with E-state index in [1.54, 1.807) is 12.1 Å². The van der Waals surface area contributed by atoms with Crippen molar-refractivity contribution in [3.05, 3.63) is 35.6 Å². The number of nitrogens with one attached hydrogen (secondary N) is 1. The molecule has 0 aliphatic heterocycles. The van der Waals surface area contributed by atoms with E-state index in [4.69, 9.17) is 0 Å². The average molecular weight is 235 g/mol. The smallest absolute Gasteiger partial charge is 0.123 e. The second-order valence-electron chi connectivity index (χ2n) is 5.03. The van der Waals surface area contributed by atoms with Crippen LogP contribution >= 0.6 is 0 Å². The fourth-order valence-electron chi connectivity index (χ4n) is 2.93. The zero-order valence-corrected chi connectivity index (χ0v) is 10.7. The minimum atomic E-state index is -0.137. The standard InChI is InChI=1S/C15H22FN/c1-3-9-17-15-10-14(13(15)4-2)11-5-7-12(16)8-6-11/h5-8,13-15,17H,3-4,9-10H2,1-2H3. The van der Waals surface area contributed by atoms with E-state index in [0.29, 0.717) is 17.9 Å². The van der Waals surface area contributed by atoms with Crippen LogP contribution in [0, 0.1) is 11.7 Å². The van der Waals surface area contributed by atoms with Gasteiger partial charge in [-0.1, -0.05) is 32.4 Å². The first-order valence-corrected chi connectivity index (χ1v) is 6.75. The number of hydrogen-bond donors (Lipinski definition) is 1. The van der Waals surface area contributed by atoms with Gasteiger partial charge in [0.15, 0.2) is 0 Å². The fraction of sp³-hybridized carbons (Fsp3) is 0.600. The van der Waals surface area contributed by atoms with E-state index in [1.165, 1.54) is 24.8 Å². The van der Waals surface area contributed by atoms with Gasteiger partial charge in [-0.25, -0.2) is 4.39 Å². The van der Waals surface area contributed by atoms with Crippen molar-refractivity contribution in [2.24, 2.45) is 5.92 Å². The van der Waals surface area contributed by atoms with Gasteiger partial charge in [-0.3, -0.25) is 0 Å². The van der Waals surface area contributed by atoms with Gasteiger partial charge in [-0.05, 0) is 48.9 Å².